The summed E-state index contributed by atoms with van der Waals surface area (Å²) < 4.78 is 11.2. The van der Waals surface area contributed by atoms with Crippen LogP contribution in [-0.4, -0.2) is 28.8 Å². The van der Waals surface area contributed by atoms with E-state index in [0.717, 1.165) is 18.2 Å². The lowest BCUT2D eigenvalue weighted by molar-refractivity contribution is 0.287. The van der Waals surface area contributed by atoms with E-state index in [4.69, 9.17) is 0 Å². The molecule has 0 aromatic rings. The van der Waals surface area contributed by atoms with E-state index in [1.165, 1.54) is 32.1 Å². The highest BCUT2D eigenvalue weighted by molar-refractivity contribution is 7.84. The van der Waals surface area contributed by atoms with Gasteiger partial charge in [-0.15, -0.1) is 0 Å². The third-order valence-corrected chi connectivity index (χ3v) is 3.93. The van der Waals surface area contributed by atoms with Crippen molar-refractivity contribution in [2.75, 3.05) is 18.6 Å². The molecule has 2 nitrogen and oxygen atoms in total. The molecule has 1 aliphatic rings. The van der Waals surface area contributed by atoms with E-state index in [0.29, 0.717) is 6.04 Å². The Morgan fingerprint density at radius 3 is 2.50 bits per heavy atom. The average molecular weight is 217 g/mol. The van der Waals surface area contributed by atoms with Gasteiger partial charge in [-0.2, -0.15) is 0 Å². The second-order valence-corrected chi connectivity index (χ2v) is 5.78. The number of rotatable bonds is 5. The van der Waals surface area contributed by atoms with Crippen LogP contribution in [0.1, 0.15) is 39.0 Å². The Hall–Kier alpha value is 0.110. The first-order valence-corrected chi connectivity index (χ1v) is 7.50. The third kappa shape index (κ3) is 4.09. The number of nitrogens with one attached hydrogen (secondary N) is 1. The molecule has 2 atom stereocenters. The van der Waals surface area contributed by atoms with Crippen molar-refractivity contribution < 1.29 is 4.21 Å². The molecule has 0 aliphatic heterocycles. The van der Waals surface area contributed by atoms with E-state index >= 15 is 0 Å². The Bertz CT molecular complexity index is 178. The van der Waals surface area contributed by atoms with Gasteiger partial charge >= 0.3 is 0 Å². The molecule has 0 aromatic carbocycles. The van der Waals surface area contributed by atoms with Crippen LogP contribution in [-0.2, 0) is 10.8 Å². The van der Waals surface area contributed by atoms with Gasteiger partial charge in [0.1, 0.15) is 0 Å². The van der Waals surface area contributed by atoms with E-state index in [-0.39, 0.29) is 0 Å². The van der Waals surface area contributed by atoms with Crippen LogP contribution in [0.5, 0.6) is 0 Å². The standard InChI is InChI=1S/C11H23NOS/c1-3-12-11(9-14(2)13)10-7-5-4-6-8-10/h10-12H,3-9H2,1-2H3. The first-order chi connectivity index (χ1) is 6.74. The lowest BCUT2D eigenvalue weighted by atomic mass is 9.84. The summed E-state index contributed by atoms with van der Waals surface area (Å²) in [5.74, 6) is 1.60. The van der Waals surface area contributed by atoms with Gasteiger partial charge in [0.25, 0.3) is 0 Å². The van der Waals surface area contributed by atoms with Gasteiger partial charge in [0.2, 0.25) is 0 Å². The number of hydrogen-bond acceptors (Lipinski definition) is 2. The Labute approximate surface area is 90.3 Å². The van der Waals surface area contributed by atoms with E-state index in [1.807, 2.05) is 6.26 Å². The molecule has 84 valence electrons. The molecular weight excluding hydrogens is 194 g/mol. The molecule has 14 heavy (non-hydrogen) atoms. The maximum absolute atomic E-state index is 11.2. The summed E-state index contributed by atoms with van der Waals surface area (Å²) in [5.41, 5.74) is 0. The van der Waals surface area contributed by atoms with Crippen molar-refractivity contribution in [3.8, 4) is 0 Å². The van der Waals surface area contributed by atoms with Crippen molar-refractivity contribution in [1.29, 1.82) is 0 Å². The second kappa shape index (κ2) is 6.57. The smallest absolute Gasteiger partial charge is 0.0388 e. The summed E-state index contributed by atoms with van der Waals surface area (Å²) in [6, 6.07) is 0.492. The van der Waals surface area contributed by atoms with Crippen LogP contribution in [0, 0.1) is 5.92 Å². The summed E-state index contributed by atoms with van der Waals surface area (Å²) in [6.45, 7) is 3.13. The second-order valence-electron chi connectivity index (χ2n) is 4.30. The fourth-order valence-electron chi connectivity index (χ4n) is 2.41. The zero-order valence-corrected chi connectivity index (χ0v) is 10.2. The lowest BCUT2D eigenvalue weighted by Crippen LogP contribution is -2.41. The zero-order valence-electron chi connectivity index (χ0n) is 9.42. The first kappa shape index (κ1) is 12.2. The Morgan fingerprint density at radius 2 is 2.00 bits per heavy atom. The summed E-state index contributed by atoms with van der Waals surface area (Å²) >= 11 is 0. The summed E-state index contributed by atoms with van der Waals surface area (Å²) in [6.07, 6.45) is 8.59. The van der Waals surface area contributed by atoms with Crippen LogP contribution in [0.4, 0.5) is 0 Å². The van der Waals surface area contributed by atoms with Gasteiger partial charge in [-0.1, -0.05) is 26.2 Å². The van der Waals surface area contributed by atoms with Crippen LogP contribution in [0.15, 0.2) is 0 Å². The van der Waals surface area contributed by atoms with Crippen molar-refractivity contribution in [2.45, 2.75) is 45.1 Å². The predicted octanol–water partition coefficient (Wildman–Crippen LogP) is 1.92. The van der Waals surface area contributed by atoms with Gasteiger partial charge < -0.3 is 5.32 Å². The molecule has 0 aromatic heterocycles. The summed E-state index contributed by atoms with van der Waals surface area (Å²) in [7, 11) is -0.661. The maximum Gasteiger partial charge on any atom is 0.0388 e. The van der Waals surface area contributed by atoms with Crippen molar-refractivity contribution in [2.24, 2.45) is 5.92 Å². The van der Waals surface area contributed by atoms with Crippen molar-refractivity contribution in [3.63, 3.8) is 0 Å². The minimum atomic E-state index is -0.661. The van der Waals surface area contributed by atoms with E-state index < -0.39 is 10.8 Å². The van der Waals surface area contributed by atoms with Crippen LogP contribution in [0.3, 0.4) is 0 Å². The van der Waals surface area contributed by atoms with Gasteiger partial charge in [-0.05, 0) is 25.3 Å². The van der Waals surface area contributed by atoms with Crippen LogP contribution in [0.2, 0.25) is 0 Å². The normalized spacial score (nSPS) is 23.3. The molecule has 1 fully saturated rings. The lowest BCUT2D eigenvalue weighted by Gasteiger charge is -2.30. The summed E-state index contributed by atoms with van der Waals surface area (Å²) in [4.78, 5) is 0. The van der Waals surface area contributed by atoms with E-state index in [9.17, 15) is 4.21 Å². The fraction of sp³-hybridized carbons (Fsp3) is 1.00. The van der Waals surface area contributed by atoms with E-state index in [1.54, 1.807) is 0 Å². The van der Waals surface area contributed by atoms with Crippen molar-refractivity contribution in [1.82, 2.24) is 5.32 Å². The van der Waals surface area contributed by atoms with E-state index in [2.05, 4.69) is 12.2 Å². The molecule has 1 aliphatic carbocycles. The Balaban J connectivity index is 2.42. The van der Waals surface area contributed by atoms with Crippen molar-refractivity contribution >= 4 is 10.8 Å². The third-order valence-electron chi connectivity index (χ3n) is 3.10. The fourth-order valence-corrected chi connectivity index (χ4v) is 3.31. The van der Waals surface area contributed by atoms with Gasteiger partial charge in [0, 0.05) is 28.9 Å². The molecule has 0 spiro atoms. The maximum atomic E-state index is 11.2. The highest BCUT2D eigenvalue weighted by Crippen LogP contribution is 2.26. The van der Waals surface area contributed by atoms with Gasteiger partial charge in [-0.3, -0.25) is 4.21 Å². The minimum absolute atomic E-state index is 0.492. The SMILES string of the molecule is CCNC(CS(C)=O)C1CCCCC1. The van der Waals surface area contributed by atoms with Gasteiger partial charge in [0.15, 0.2) is 0 Å². The molecule has 0 saturated heterocycles. The molecule has 3 heteroatoms. The molecular formula is C11H23NOS. The van der Waals surface area contributed by atoms with Gasteiger partial charge in [0.05, 0.1) is 0 Å². The Morgan fingerprint density at radius 1 is 1.36 bits per heavy atom. The molecule has 2 unspecified atom stereocenters. The molecule has 1 saturated carbocycles. The first-order valence-electron chi connectivity index (χ1n) is 5.77. The molecule has 1 N–H and O–H groups in total. The molecule has 0 heterocycles. The van der Waals surface area contributed by atoms with Crippen molar-refractivity contribution in [3.05, 3.63) is 0 Å². The minimum Gasteiger partial charge on any atom is -0.313 e. The van der Waals surface area contributed by atoms with Crippen LogP contribution < -0.4 is 5.32 Å². The highest BCUT2D eigenvalue weighted by atomic mass is 32.2. The number of hydrogen-bond donors (Lipinski definition) is 1. The molecule has 0 radical (unpaired) electrons. The van der Waals surface area contributed by atoms with Crippen LogP contribution >= 0.6 is 0 Å². The highest BCUT2D eigenvalue weighted by Gasteiger charge is 2.23. The zero-order chi connectivity index (χ0) is 10.4. The summed E-state index contributed by atoms with van der Waals surface area (Å²) in [5, 5.41) is 3.49. The molecule has 1 rings (SSSR count). The predicted molar refractivity (Wildman–Crippen MR) is 63.0 cm³/mol. The molecule has 0 amide bonds. The topological polar surface area (TPSA) is 29.1 Å². The Kier molecular flexibility index (Phi) is 5.71. The largest absolute Gasteiger partial charge is 0.313 e. The van der Waals surface area contributed by atoms with Gasteiger partial charge in [-0.25, -0.2) is 0 Å². The van der Waals surface area contributed by atoms with Crippen LogP contribution in [0.25, 0.3) is 0 Å². The quantitative estimate of drug-likeness (QED) is 0.762. The average Bonchev–Trinajstić information content (AvgIpc) is 2.18. The molecule has 0 bridgehead atoms. The monoisotopic (exact) mass is 217 g/mol.